The molecule has 0 aliphatic rings. The zero-order chi connectivity index (χ0) is 15.6. The zero-order valence-electron chi connectivity index (χ0n) is 13.4. The normalized spacial score (nSPS) is 11.3. The van der Waals surface area contributed by atoms with Crippen LogP contribution in [0.15, 0.2) is 42.5 Å². The van der Waals surface area contributed by atoms with Gasteiger partial charge in [-0.25, -0.2) is 0 Å². The molecular formula is C19H23NO. The molecular weight excluding hydrogens is 258 g/mol. The average molecular weight is 281 g/mol. The molecule has 1 N–H and O–H groups in total. The molecule has 2 aromatic carbocycles. The van der Waals surface area contributed by atoms with Crippen LogP contribution in [0, 0.1) is 19.3 Å². The lowest BCUT2D eigenvalue weighted by Gasteiger charge is -2.20. The molecule has 2 aromatic rings. The number of anilines is 1. The highest BCUT2D eigenvalue weighted by atomic mass is 16.2. The van der Waals surface area contributed by atoms with E-state index in [2.05, 4.69) is 36.5 Å². The largest absolute Gasteiger partial charge is 0.325 e. The molecule has 0 aromatic heterocycles. The summed E-state index contributed by atoms with van der Waals surface area (Å²) in [5.41, 5.74) is 5.08. The number of amides is 1. The summed E-state index contributed by atoms with van der Waals surface area (Å²) >= 11 is 0. The molecule has 0 atom stereocenters. The number of rotatable bonds is 2. The highest BCUT2D eigenvalue weighted by Gasteiger charge is 2.22. The second-order valence-corrected chi connectivity index (χ2v) is 6.54. The Labute approximate surface area is 127 Å². The second kappa shape index (κ2) is 5.72. The van der Waals surface area contributed by atoms with Gasteiger partial charge in [-0.1, -0.05) is 57.2 Å². The minimum atomic E-state index is -0.400. The van der Waals surface area contributed by atoms with E-state index in [1.807, 2.05) is 45.9 Å². The molecule has 110 valence electrons. The number of carbonyl (C=O) groups is 1. The third-order valence-corrected chi connectivity index (χ3v) is 3.70. The van der Waals surface area contributed by atoms with E-state index in [-0.39, 0.29) is 5.91 Å². The maximum absolute atomic E-state index is 12.2. The van der Waals surface area contributed by atoms with Crippen molar-refractivity contribution in [2.24, 2.45) is 5.41 Å². The fourth-order valence-electron chi connectivity index (χ4n) is 2.10. The molecule has 0 bridgehead atoms. The van der Waals surface area contributed by atoms with Crippen LogP contribution in [0.25, 0.3) is 11.1 Å². The molecule has 0 aliphatic carbocycles. The first-order valence-electron chi connectivity index (χ1n) is 7.27. The Morgan fingerprint density at radius 2 is 1.57 bits per heavy atom. The van der Waals surface area contributed by atoms with E-state index in [1.165, 1.54) is 5.56 Å². The molecule has 2 heteroatoms. The SMILES string of the molecule is Cc1cc(-c2ccccc2)cc(NC(=O)C(C)(C)C)c1C. The molecule has 2 nitrogen and oxygen atoms in total. The summed E-state index contributed by atoms with van der Waals surface area (Å²) in [5, 5.41) is 3.06. The Hall–Kier alpha value is -2.09. The summed E-state index contributed by atoms with van der Waals surface area (Å²) in [7, 11) is 0. The lowest BCUT2D eigenvalue weighted by Crippen LogP contribution is -2.28. The van der Waals surface area contributed by atoms with E-state index in [4.69, 9.17) is 0 Å². The number of benzene rings is 2. The molecule has 0 radical (unpaired) electrons. The van der Waals surface area contributed by atoms with Crippen LogP contribution >= 0.6 is 0 Å². The fourth-order valence-corrected chi connectivity index (χ4v) is 2.10. The minimum absolute atomic E-state index is 0.0372. The molecule has 1 amide bonds. The molecule has 21 heavy (non-hydrogen) atoms. The predicted molar refractivity (Wildman–Crippen MR) is 89.4 cm³/mol. The number of nitrogens with one attached hydrogen (secondary N) is 1. The Morgan fingerprint density at radius 3 is 2.14 bits per heavy atom. The fraction of sp³-hybridized carbons (Fsp3) is 0.316. The maximum Gasteiger partial charge on any atom is 0.229 e. The van der Waals surface area contributed by atoms with Gasteiger partial charge in [0, 0.05) is 11.1 Å². The topological polar surface area (TPSA) is 29.1 Å². The summed E-state index contributed by atoms with van der Waals surface area (Å²) in [4.78, 5) is 12.2. The van der Waals surface area contributed by atoms with Crippen molar-refractivity contribution in [3.8, 4) is 11.1 Å². The summed E-state index contributed by atoms with van der Waals surface area (Å²) in [6.45, 7) is 9.89. The van der Waals surface area contributed by atoms with Gasteiger partial charge in [-0.3, -0.25) is 4.79 Å². The van der Waals surface area contributed by atoms with E-state index in [1.54, 1.807) is 0 Å². The first-order chi connectivity index (χ1) is 9.79. The van der Waals surface area contributed by atoms with Crippen LogP contribution in [0.5, 0.6) is 0 Å². The van der Waals surface area contributed by atoms with Crippen molar-refractivity contribution < 1.29 is 4.79 Å². The Morgan fingerprint density at radius 1 is 0.952 bits per heavy atom. The van der Waals surface area contributed by atoms with Crippen molar-refractivity contribution in [3.63, 3.8) is 0 Å². The first-order valence-corrected chi connectivity index (χ1v) is 7.27. The van der Waals surface area contributed by atoms with Crippen LogP contribution in [-0.2, 0) is 4.79 Å². The smallest absolute Gasteiger partial charge is 0.229 e. The molecule has 0 saturated carbocycles. The molecule has 0 unspecified atom stereocenters. The Kier molecular flexibility index (Phi) is 4.17. The third-order valence-electron chi connectivity index (χ3n) is 3.70. The van der Waals surface area contributed by atoms with Crippen LogP contribution < -0.4 is 5.32 Å². The molecule has 2 rings (SSSR count). The van der Waals surface area contributed by atoms with Gasteiger partial charge in [-0.05, 0) is 42.2 Å². The van der Waals surface area contributed by atoms with Crippen molar-refractivity contribution in [2.75, 3.05) is 5.32 Å². The molecule has 0 spiro atoms. The highest BCUT2D eigenvalue weighted by molar-refractivity contribution is 5.96. The van der Waals surface area contributed by atoms with Gasteiger partial charge in [0.2, 0.25) is 5.91 Å². The van der Waals surface area contributed by atoms with Crippen LogP contribution in [-0.4, -0.2) is 5.91 Å². The average Bonchev–Trinajstić information content (AvgIpc) is 2.43. The summed E-state index contributed by atoms with van der Waals surface area (Å²) in [6.07, 6.45) is 0. The van der Waals surface area contributed by atoms with E-state index in [0.717, 1.165) is 22.4 Å². The van der Waals surface area contributed by atoms with Gasteiger partial charge >= 0.3 is 0 Å². The molecule has 0 fully saturated rings. The number of hydrogen-bond acceptors (Lipinski definition) is 1. The van der Waals surface area contributed by atoms with Crippen molar-refractivity contribution in [1.82, 2.24) is 0 Å². The van der Waals surface area contributed by atoms with Crippen LogP contribution in [0.3, 0.4) is 0 Å². The highest BCUT2D eigenvalue weighted by Crippen LogP contribution is 2.29. The van der Waals surface area contributed by atoms with Gasteiger partial charge < -0.3 is 5.32 Å². The summed E-state index contributed by atoms with van der Waals surface area (Å²) < 4.78 is 0. The standard InChI is InChI=1S/C19H23NO/c1-13-11-16(15-9-7-6-8-10-15)12-17(14(13)2)20-18(21)19(3,4)5/h6-12H,1-5H3,(H,20,21). The third kappa shape index (κ3) is 3.52. The van der Waals surface area contributed by atoms with Gasteiger partial charge in [0.25, 0.3) is 0 Å². The van der Waals surface area contributed by atoms with Gasteiger partial charge in [0.15, 0.2) is 0 Å². The van der Waals surface area contributed by atoms with Crippen molar-refractivity contribution in [2.45, 2.75) is 34.6 Å². The monoisotopic (exact) mass is 281 g/mol. The van der Waals surface area contributed by atoms with E-state index >= 15 is 0 Å². The quantitative estimate of drug-likeness (QED) is 0.828. The van der Waals surface area contributed by atoms with Gasteiger partial charge in [0.1, 0.15) is 0 Å². The summed E-state index contributed by atoms with van der Waals surface area (Å²) in [5.74, 6) is 0.0372. The van der Waals surface area contributed by atoms with Crippen LogP contribution in [0.4, 0.5) is 5.69 Å². The minimum Gasteiger partial charge on any atom is -0.325 e. The Bertz CT molecular complexity index is 651. The van der Waals surface area contributed by atoms with E-state index in [0.29, 0.717) is 0 Å². The predicted octanol–water partition coefficient (Wildman–Crippen LogP) is 4.96. The van der Waals surface area contributed by atoms with E-state index < -0.39 is 5.41 Å². The first kappa shape index (κ1) is 15.3. The van der Waals surface area contributed by atoms with Gasteiger partial charge in [0.05, 0.1) is 0 Å². The summed E-state index contributed by atoms with van der Waals surface area (Å²) in [6, 6.07) is 14.4. The van der Waals surface area contributed by atoms with Crippen molar-refractivity contribution >= 4 is 11.6 Å². The van der Waals surface area contributed by atoms with Gasteiger partial charge in [-0.2, -0.15) is 0 Å². The molecule has 0 heterocycles. The van der Waals surface area contributed by atoms with E-state index in [9.17, 15) is 4.79 Å². The number of aryl methyl sites for hydroxylation is 1. The maximum atomic E-state index is 12.2. The van der Waals surface area contributed by atoms with Crippen molar-refractivity contribution in [3.05, 3.63) is 53.6 Å². The van der Waals surface area contributed by atoms with Gasteiger partial charge in [-0.15, -0.1) is 0 Å². The zero-order valence-corrected chi connectivity index (χ0v) is 13.4. The molecule has 0 saturated heterocycles. The lowest BCUT2D eigenvalue weighted by atomic mass is 9.94. The number of carbonyl (C=O) groups excluding carboxylic acids is 1. The van der Waals surface area contributed by atoms with Crippen LogP contribution in [0.1, 0.15) is 31.9 Å². The number of hydrogen-bond donors (Lipinski definition) is 1. The molecule has 0 aliphatic heterocycles. The Balaban J connectivity index is 2.43. The van der Waals surface area contributed by atoms with Crippen LogP contribution in [0.2, 0.25) is 0 Å². The second-order valence-electron chi connectivity index (χ2n) is 6.54. The van der Waals surface area contributed by atoms with Crippen molar-refractivity contribution in [1.29, 1.82) is 0 Å². The lowest BCUT2D eigenvalue weighted by molar-refractivity contribution is -0.123.